The smallest absolute Gasteiger partial charge is 0.424 e. The molecule has 0 spiro atoms. The number of nitrogens with zero attached hydrogens (tertiary/aromatic N) is 1. The molecule has 0 aromatic rings. The molecule has 15 heavy (non-hydrogen) atoms. The van der Waals surface area contributed by atoms with E-state index in [4.69, 9.17) is 10.6 Å². The lowest BCUT2D eigenvalue weighted by Crippen LogP contribution is -2.43. The second-order valence-corrected chi connectivity index (χ2v) is 4.90. The number of amides is 1. The van der Waals surface area contributed by atoms with E-state index in [0.717, 1.165) is 17.9 Å². The Balaban J connectivity index is 2.36. The molecular weight excluding hydrogens is 192 g/mol. The Morgan fingerprint density at radius 1 is 1.60 bits per heavy atom. The summed E-state index contributed by atoms with van der Waals surface area (Å²) in [7, 11) is 0. The molecule has 1 aliphatic rings. The maximum atomic E-state index is 11.5. The third kappa shape index (κ3) is 4.34. The standard InChI is InChI=1S/C11H20N2O2/c1-11(2,3)15-10(14)13(12)8-9-6-4-5-7-9/h4,6,9H,5,7-8,12H2,1-3H3. The fraction of sp³-hybridized carbons (Fsp3) is 0.727. The highest BCUT2D eigenvalue weighted by molar-refractivity contribution is 5.67. The highest BCUT2D eigenvalue weighted by atomic mass is 16.6. The molecule has 0 saturated heterocycles. The largest absolute Gasteiger partial charge is 0.443 e. The highest BCUT2D eigenvalue weighted by Gasteiger charge is 2.22. The Kier molecular flexibility index (Phi) is 3.74. The second-order valence-electron chi connectivity index (χ2n) is 4.90. The van der Waals surface area contributed by atoms with Gasteiger partial charge in [-0.25, -0.2) is 15.6 Å². The van der Waals surface area contributed by atoms with E-state index in [-0.39, 0.29) is 0 Å². The molecule has 2 N–H and O–H groups in total. The molecule has 4 nitrogen and oxygen atoms in total. The zero-order valence-corrected chi connectivity index (χ0v) is 9.69. The van der Waals surface area contributed by atoms with Crippen LogP contribution >= 0.6 is 0 Å². The van der Waals surface area contributed by atoms with Crippen molar-refractivity contribution < 1.29 is 9.53 Å². The molecule has 0 saturated carbocycles. The number of ether oxygens (including phenoxy) is 1. The maximum Gasteiger partial charge on any atom is 0.424 e. The summed E-state index contributed by atoms with van der Waals surface area (Å²) in [6.07, 6.45) is 5.91. The zero-order chi connectivity index (χ0) is 11.5. The van der Waals surface area contributed by atoms with Gasteiger partial charge in [0.2, 0.25) is 0 Å². The average Bonchev–Trinajstić information content (AvgIpc) is 2.53. The van der Waals surface area contributed by atoms with Gasteiger partial charge in [0.05, 0.1) is 0 Å². The van der Waals surface area contributed by atoms with E-state index >= 15 is 0 Å². The lowest BCUT2D eigenvalue weighted by Gasteiger charge is -2.25. The second kappa shape index (κ2) is 4.66. The van der Waals surface area contributed by atoms with Gasteiger partial charge in [-0.15, -0.1) is 0 Å². The number of nitrogens with two attached hydrogens (primary N) is 1. The van der Waals surface area contributed by atoms with Crippen LogP contribution in [0.2, 0.25) is 0 Å². The normalized spacial score (nSPS) is 20.4. The molecule has 1 unspecified atom stereocenters. The summed E-state index contributed by atoms with van der Waals surface area (Å²) in [5.41, 5.74) is -0.486. The first kappa shape index (κ1) is 12.0. The van der Waals surface area contributed by atoms with Crippen molar-refractivity contribution in [2.75, 3.05) is 6.54 Å². The number of hydrogen-bond acceptors (Lipinski definition) is 3. The third-order valence-corrected chi connectivity index (χ3v) is 2.17. The maximum absolute atomic E-state index is 11.5. The molecular formula is C11H20N2O2. The van der Waals surface area contributed by atoms with Crippen LogP contribution in [0.15, 0.2) is 12.2 Å². The van der Waals surface area contributed by atoms with Crippen molar-refractivity contribution in [2.45, 2.75) is 39.2 Å². The molecule has 0 heterocycles. The molecule has 0 aromatic carbocycles. The van der Waals surface area contributed by atoms with Crippen LogP contribution < -0.4 is 5.84 Å². The summed E-state index contributed by atoms with van der Waals surface area (Å²) in [5.74, 6) is 6.01. The van der Waals surface area contributed by atoms with Crippen LogP contribution in [0.5, 0.6) is 0 Å². The predicted molar refractivity (Wildman–Crippen MR) is 59.0 cm³/mol. The van der Waals surface area contributed by atoms with Crippen LogP contribution in [0.1, 0.15) is 33.6 Å². The van der Waals surface area contributed by atoms with Crippen molar-refractivity contribution in [1.82, 2.24) is 5.01 Å². The average molecular weight is 212 g/mol. The van der Waals surface area contributed by atoms with Gasteiger partial charge >= 0.3 is 6.09 Å². The zero-order valence-electron chi connectivity index (χ0n) is 9.69. The lowest BCUT2D eigenvalue weighted by molar-refractivity contribution is 0.0229. The van der Waals surface area contributed by atoms with Gasteiger partial charge in [0.25, 0.3) is 0 Å². The van der Waals surface area contributed by atoms with E-state index in [1.165, 1.54) is 0 Å². The van der Waals surface area contributed by atoms with E-state index in [1.54, 1.807) is 0 Å². The van der Waals surface area contributed by atoms with Crippen LogP contribution in [0.4, 0.5) is 4.79 Å². The molecule has 0 bridgehead atoms. The Labute approximate surface area is 91.0 Å². The summed E-state index contributed by atoms with van der Waals surface area (Å²) in [6, 6.07) is 0. The van der Waals surface area contributed by atoms with Crippen LogP contribution in [0, 0.1) is 5.92 Å². The Morgan fingerprint density at radius 2 is 2.27 bits per heavy atom. The minimum atomic E-state index is -0.486. The predicted octanol–water partition coefficient (Wildman–Crippen LogP) is 2.06. The number of hydrogen-bond donors (Lipinski definition) is 1. The fourth-order valence-corrected chi connectivity index (χ4v) is 1.50. The summed E-state index contributed by atoms with van der Waals surface area (Å²) in [4.78, 5) is 11.5. The first-order chi connectivity index (χ1) is 6.88. The lowest BCUT2D eigenvalue weighted by atomic mass is 10.1. The molecule has 86 valence electrons. The quantitative estimate of drug-likeness (QED) is 0.330. The van der Waals surface area contributed by atoms with E-state index in [0.29, 0.717) is 12.5 Å². The molecule has 1 aliphatic carbocycles. The van der Waals surface area contributed by atoms with Crippen molar-refractivity contribution in [2.24, 2.45) is 11.8 Å². The number of allylic oxidation sites excluding steroid dienone is 1. The number of carbonyl (C=O) groups excluding carboxylic acids is 1. The number of hydrazine groups is 1. The van der Waals surface area contributed by atoms with Gasteiger partial charge in [-0.3, -0.25) is 0 Å². The van der Waals surface area contributed by atoms with Crippen molar-refractivity contribution in [3.8, 4) is 0 Å². The van der Waals surface area contributed by atoms with Gasteiger partial charge in [0.15, 0.2) is 0 Å². The van der Waals surface area contributed by atoms with Crippen molar-refractivity contribution in [1.29, 1.82) is 0 Å². The van der Waals surface area contributed by atoms with Gasteiger partial charge in [-0.2, -0.15) is 0 Å². The van der Waals surface area contributed by atoms with E-state index in [1.807, 2.05) is 20.8 Å². The molecule has 0 aromatic heterocycles. The van der Waals surface area contributed by atoms with Gasteiger partial charge in [-0.05, 0) is 39.5 Å². The van der Waals surface area contributed by atoms with E-state index in [9.17, 15) is 4.79 Å². The van der Waals surface area contributed by atoms with Crippen LogP contribution in [-0.4, -0.2) is 23.2 Å². The molecule has 1 amide bonds. The first-order valence-corrected chi connectivity index (χ1v) is 5.30. The van der Waals surface area contributed by atoms with Crippen molar-refractivity contribution in [3.63, 3.8) is 0 Å². The number of carbonyl (C=O) groups is 1. The van der Waals surface area contributed by atoms with Crippen LogP contribution in [-0.2, 0) is 4.74 Å². The minimum absolute atomic E-state index is 0.377. The van der Waals surface area contributed by atoms with Crippen molar-refractivity contribution >= 4 is 6.09 Å². The van der Waals surface area contributed by atoms with Gasteiger partial charge < -0.3 is 4.74 Å². The third-order valence-electron chi connectivity index (χ3n) is 2.17. The van der Waals surface area contributed by atoms with E-state index in [2.05, 4.69) is 12.2 Å². The number of rotatable bonds is 2. The fourth-order valence-electron chi connectivity index (χ4n) is 1.50. The van der Waals surface area contributed by atoms with Gasteiger partial charge in [0, 0.05) is 6.54 Å². The molecule has 0 radical (unpaired) electrons. The molecule has 1 atom stereocenters. The van der Waals surface area contributed by atoms with Gasteiger partial charge in [-0.1, -0.05) is 12.2 Å². The molecule has 0 fully saturated rings. The summed E-state index contributed by atoms with van der Waals surface area (Å²) in [6.45, 7) is 6.02. The van der Waals surface area contributed by atoms with Crippen molar-refractivity contribution in [3.05, 3.63) is 12.2 Å². The van der Waals surface area contributed by atoms with Gasteiger partial charge in [0.1, 0.15) is 5.60 Å². The van der Waals surface area contributed by atoms with E-state index < -0.39 is 11.7 Å². The first-order valence-electron chi connectivity index (χ1n) is 5.30. The van der Waals surface area contributed by atoms with Crippen LogP contribution in [0.25, 0.3) is 0 Å². The minimum Gasteiger partial charge on any atom is -0.443 e. The monoisotopic (exact) mass is 212 g/mol. The molecule has 4 heteroatoms. The molecule has 1 rings (SSSR count). The highest BCUT2D eigenvalue weighted by Crippen LogP contribution is 2.18. The summed E-state index contributed by atoms with van der Waals surface area (Å²) >= 11 is 0. The SMILES string of the molecule is CC(C)(C)OC(=O)N(N)CC1C=CCC1. The summed E-state index contributed by atoms with van der Waals surface area (Å²) < 4.78 is 5.15. The Hall–Kier alpha value is -1.03. The Morgan fingerprint density at radius 3 is 2.73 bits per heavy atom. The Bertz CT molecular complexity index is 256. The summed E-state index contributed by atoms with van der Waals surface area (Å²) in [5, 5.41) is 1.16. The molecule has 0 aliphatic heterocycles. The van der Waals surface area contributed by atoms with Crippen LogP contribution in [0.3, 0.4) is 0 Å². The topological polar surface area (TPSA) is 55.6 Å².